The molecule has 0 spiro atoms. The molecule has 1 aliphatic rings. The maximum absolute atomic E-state index is 12.7. The Bertz CT molecular complexity index is 499. The van der Waals surface area contributed by atoms with Crippen LogP contribution in [0.3, 0.4) is 0 Å². The minimum atomic E-state index is -0.186. The molecule has 1 unspecified atom stereocenters. The van der Waals surface area contributed by atoms with Crippen LogP contribution in [-0.4, -0.2) is 34.9 Å². The molecule has 1 aromatic rings. The van der Waals surface area contributed by atoms with E-state index in [-0.39, 0.29) is 16.9 Å². The van der Waals surface area contributed by atoms with E-state index in [4.69, 9.17) is 0 Å². The molecule has 0 saturated carbocycles. The van der Waals surface area contributed by atoms with Crippen molar-refractivity contribution in [1.29, 1.82) is 0 Å². The Labute approximate surface area is 143 Å². The second-order valence-electron chi connectivity index (χ2n) is 6.07. The van der Waals surface area contributed by atoms with Gasteiger partial charge in [0, 0.05) is 25.8 Å². The van der Waals surface area contributed by atoms with Crippen molar-refractivity contribution in [3.8, 4) is 0 Å². The van der Waals surface area contributed by atoms with Gasteiger partial charge in [0.2, 0.25) is 5.91 Å². The molecular formula is C18H26N2O2S. The van der Waals surface area contributed by atoms with Crippen LogP contribution in [0.2, 0.25) is 0 Å². The first kappa shape index (κ1) is 18.0. The Hall–Kier alpha value is -1.33. The summed E-state index contributed by atoms with van der Waals surface area (Å²) in [4.78, 5) is 23.9. The Morgan fingerprint density at radius 3 is 2.39 bits per heavy atom. The van der Waals surface area contributed by atoms with Crippen molar-refractivity contribution in [2.24, 2.45) is 5.92 Å². The van der Waals surface area contributed by atoms with Crippen LogP contribution in [0.15, 0.2) is 30.3 Å². The van der Waals surface area contributed by atoms with Crippen molar-refractivity contribution in [3.63, 3.8) is 0 Å². The molecule has 23 heavy (non-hydrogen) atoms. The number of hydrogen-bond donors (Lipinski definition) is 1. The van der Waals surface area contributed by atoms with Crippen LogP contribution < -0.4 is 5.43 Å². The fourth-order valence-corrected chi connectivity index (χ4v) is 3.48. The quantitative estimate of drug-likeness (QED) is 0.869. The van der Waals surface area contributed by atoms with Gasteiger partial charge in [0.1, 0.15) is 0 Å². The second-order valence-corrected chi connectivity index (χ2v) is 7.26. The summed E-state index contributed by atoms with van der Waals surface area (Å²) in [6, 6.07) is 10.0. The topological polar surface area (TPSA) is 49.4 Å². The molecule has 0 bridgehead atoms. The van der Waals surface area contributed by atoms with Gasteiger partial charge in [-0.15, -0.1) is 0 Å². The number of thioether (sulfide) groups is 1. The highest BCUT2D eigenvalue weighted by atomic mass is 32.2. The molecule has 1 fully saturated rings. The minimum absolute atomic E-state index is 0.0319. The summed E-state index contributed by atoms with van der Waals surface area (Å²) in [5.41, 5.74) is 4.20. The molecule has 1 aromatic carbocycles. The zero-order valence-electron chi connectivity index (χ0n) is 13.8. The van der Waals surface area contributed by atoms with Crippen LogP contribution in [0.5, 0.6) is 0 Å². The standard InChI is InChI=1S/C18H26N2O2S/c1-15(21)23-14-17(13-16-9-5-4-6-10-16)18(22)19-20-11-7-2-3-8-12-20/h4-6,9-10,17H,2-3,7-8,11-14H2,1H3,(H,19,22). The molecule has 0 radical (unpaired) electrons. The molecule has 1 atom stereocenters. The van der Waals surface area contributed by atoms with Crippen molar-refractivity contribution < 1.29 is 9.59 Å². The van der Waals surface area contributed by atoms with Gasteiger partial charge in [-0.25, -0.2) is 5.01 Å². The number of rotatable bonds is 6. The average molecular weight is 334 g/mol. The molecule has 1 heterocycles. The Kier molecular flexibility index (Phi) is 7.62. The van der Waals surface area contributed by atoms with Gasteiger partial charge in [0.25, 0.3) is 0 Å². The number of hydrogen-bond acceptors (Lipinski definition) is 4. The lowest BCUT2D eigenvalue weighted by molar-refractivity contribution is -0.129. The van der Waals surface area contributed by atoms with Gasteiger partial charge in [-0.1, -0.05) is 54.9 Å². The van der Waals surface area contributed by atoms with Crippen molar-refractivity contribution in [1.82, 2.24) is 10.4 Å². The van der Waals surface area contributed by atoms with E-state index in [0.29, 0.717) is 12.2 Å². The van der Waals surface area contributed by atoms with E-state index in [9.17, 15) is 9.59 Å². The molecule has 0 aliphatic carbocycles. The second kappa shape index (κ2) is 9.73. The van der Waals surface area contributed by atoms with Crippen molar-refractivity contribution >= 4 is 22.8 Å². The molecule has 1 saturated heterocycles. The third kappa shape index (κ3) is 6.75. The number of carbonyl (C=O) groups excluding carboxylic acids is 2. The molecule has 4 nitrogen and oxygen atoms in total. The first-order chi connectivity index (χ1) is 11.1. The lowest BCUT2D eigenvalue weighted by atomic mass is 10.0. The molecule has 2 rings (SSSR count). The maximum atomic E-state index is 12.7. The number of nitrogens with one attached hydrogen (secondary N) is 1. The molecule has 5 heteroatoms. The summed E-state index contributed by atoms with van der Waals surface area (Å²) in [5.74, 6) is 0.378. The predicted octanol–water partition coefficient (Wildman–Crippen LogP) is 3.03. The fraction of sp³-hybridized carbons (Fsp3) is 0.556. The zero-order valence-corrected chi connectivity index (χ0v) is 14.6. The molecule has 126 valence electrons. The van der Waals surface area contributed by atoms with Gasteiger partial charge in [0.15, 0.2) is 5.12 Å². The van der Waals surface area contributed by atoms with Gasteiger partial charge in [-0.2, -0.15) is 0 Å². The lowest BCUT2D eigenvalue weighted by Crippen LogP contribution is -2.46. The van der Waals surface area contributed by atoms with Crippen LogP contribution in [0.1, 0.15) is 38.2 Å². The summed E-state index contributed by atoms with van der Waals surface area (Å²) in [6.07, 6.45) is 5.40. The van der Waals surface area contributed by atoms with Gasteiger partial charge >= 0.3 is 0 Å². The number of nitrogens with zero attached hydrogens (tertiary/aromatic N) is 1. The third-order valence-corrected chi connectivity index (χ3v) is 5.03. The summed E-state index contributed by atoms with van der Waals surface area (Å²) in [6.45, 7) is 3.39. The Morgan fingerprint density at radius 2 is 1.78 bits per heavy atom. The fourth-order valence-electron chi connectivity index (χ4n) is 2.77. The van der Waals surface area contributed by atoms with Crippen LogP contribution in [0.4, 0.5) is 0 Å². The van der Waals surface area contributed by atoms with Crippen LogP contribution in [-0.2, 0) is 16.0 Å². The Balaban J connectivity index is 1.96. The van der Waals surface area contributed by atoms with E-state index in [1.165, 1.54) is 24.6 Å². The van der Waals surface area contributed by atoms with Gasteiger partial charge in [-0.05, 0) is 24.8 Å². The summed E-state index contributed by atoms with van der Waals surface area (Å²) in [5, 5.41) is 2.11. The highest BCUT2D eigenvalue weighted by molar-refractivity contribution is 8.13. The summed E-state index contributed by atoms with van der Waals surface area (Å²) < 4.78 is 0. The molecule has 1 aliphatic heterocycles. The van der Waals surface area contributed by atoms with E-state index in [1.807, 2.05) is 35.3 Å². The predicted molar refractivity (Wildman–Crippen MR) is 95.0 cm³/mol. The van der Waals surface area contributed by atoms with E-state index in [1.54, 1.807) is 6.92 Å². The van der Waals surface area contributed by atoms with Crippen molar-refractivity contribution in [3.05, 3.63) is 35.9 Å². The highest BCUT2D eigenvalue weighted by Gasteiger charge is 2.22. The first-order valence-corrected chi connectivity index (χ1v) is 9.36. The van der Waals surface area contributed by atoms with E-state index < -0.39 is 0 Å². The third-order valence-electron chi connectivity index (χ3n) is 4.06. The van der Waals surface area contributed by atoms with Crippen LogP contribution >= 0.6 is 11.8 Å². The van der Waals surface area contributed by atoms with Crippen LogP contribution in [0, 0.1) is 5.92 Å². The molecule has 0 aromatic heterocycles. The van der Waals surface area contributed by atoms with Gasteiger partial charge in [-0.3, -0.25) is 15.0 Å². The van der Waals surface area contributed by atoms with Crippen molar-refractivity contribution in [2.45, 2.75) is 39.0 Å². The molecular weight excluding hydrogens is 308 g/mol. The SMILES string of the molecule is CC(=O)SCC(Cc1ccccc1)C(=O)NN1CCCCCC1. The largest absolute Gasteiger partial charge is 0.289 e. The van der Waals surface area contributed by atoms with Crippen molar-refractivity contribution in [2.75, 3.05) is 18.8 Å². The zero-order chi connectivity index (χ0) is 16.5. The van der Waals surface area contributed by atoms with E-state index in [0.717, 1.165) is 31.5 Å². The average Bonchev–Trinajstić information content (AvgIpc) is 2.80. The smallest absolute Gasteiger partial charge is 0.238 e. The molecule has 1 amide bonds. The number of benzene rings is 1. The van der Waals surface area contributed by atoms with E-state index >= 15 is 0 Å². The van der Waals surface area contributed by atoms with Crippen LogP contribution in [0.25, 0.3) is 0 Å². The number of amides is 1. The monoisotopic (exact) mass is 334 g/mol. The summed E-state index contributed by atoms with van der Waals surface area (Å²) >= 11 is 1.23. The molecule has 1 N–H and O–H groups in total. The summed E-state index contributed by atoms with van der Waals surface area (Å²) in [7, 11) is 0. The normalized spacial score (nSPS) is 17.3. The number of hydrazine groups is 1. The maximum Gasteiger partial charge on any atom is 0.238 e. The lowest BCUT2D eigenvalue weighted by Gasteiger charge is -2.24. The van der Waals surface area contributed by atoms with Gasteiger partial charge < -0.3 is 0 Å². The van der Waals surface area contributed by atoms with Gasteiger partial charge in [0.05, 0.1) is 5.92 Å². The first-order valence-electron chi connectivity index (χ1n) is 8.38. The minimum Gasteiger partial charge on any atom is -0.289 e. The Morgan fingerprint density at radius 1 is 1.13 bits per heavy atom. The van der Waals surface area contributed by atoms with E-state index in [2.05, 4.69) is 5.43 Å². The highest BCUT2D eigenvalue weighted by Crippen LogP contribution is 2.16. The number of carbonyl (C=O) groups is 2.